The van der Waals surface area contributed by atoms with E-state index in [1.54, 1.807) is 73.5 Å². The molecule has 4 amide bonds. The van der Waals surface area contributed by atoms with Crippen LogP contribution in [0.5, 0.6) is 5.75 Å². The van der Waals surface area contributed by atoms with Crippen molar-refractivity contribution in [2.24, 2.45) is 7.05 Å². The Hall–Kier alpha value is -6.57. The Bertz CT molecular complexity index is 2330. The van der Waals surface area contributed by atoms with E-state index in [2.05, 4.69) is 28.7 Å². The topological polar surface area (TPSA) is 161 Å². The van der Waals surface area contributed by atoms with Crippen LogP contribution in [0.3, 0.4) is 0 Å². The molecule has 2 aromatic heterocycles. The van der Waals surface area contributed by atoms with E-state index in [4.69, 9.17) is 15.2 Å². The Labute approximate surface area is 332 Å². The standard InChI is InChI=1S/C41H43F4N7O6/c1-23(42)37(54)49-27-12-8-24(9-13-27)34-32(25-10-14-29(30(20-25)57-7)38(55)48-22-41(43,44)45)33-35(51(34)6)26(21-47-36(33)46)11-15-31(53)52-18-16-28(17-19-52)50(5)39(56)58-40(2,3)4/h8-10,12-14,20-21,28H,1,16-19,22H2,2-7H3,(H2,46,47)(H,48,55)(H,49,54). The van der Waals surface area contributed by atoms with Gasteiger partial charge in [-0.25, -0.2) is 14.2 Å². The molecule has 17 heteroatoms. The number of nitrogens with one attached hydrogen (secondary N) is 2. The molecular formula is C41H43F4N7O6. The molecule has 2 aromatic carbocycles. The van der Waals surface area contributed by atoms with Gasteiger partial charge in [-0.05, 0) is 69.0 Å². The summed E-state index contributed by atoms with van der Waals surface area (Å²) in [5.41, 5.74) is 8.86. The summed E-state index contributed by atoms with van der Waals surface area (Å²) in [6, 6.07) is 10.6. The van der Waals surface area contributed by atoms with Crippen molar-refractivity contribution in [2.45, 2.75) is 51.4 Å². The number of hydrogen-bond acceptors (Lipinski definition) is 8. The average Bonchev–Trinajstić information content (AvgIpc) is 3.48. The van der Waals surface area contributed by atoms with Gasteiger partial charge in [0.1, 0.15) is 23.7 Å². The summed E-state index contributed by atoms with van der Waals surface area (Å²) >= 11 is 0. The number of carbonyl (C=O) groups is 4. The Morgan fingerprint density at radius 1 is 1.05 bits per heavy atom. The summed E-state index contributed by atoms with van der Waals surface area (Å²) in [5, 5.41) is 4.66. The molecule has 0 aliphatic carbocycles. The molecule has 1 saturated heterocycles. The lowest BCUT2D eigenvalue weighted by Gasteiger charge is -2.36. The zero-order chi connectivity index (χ0) is 42.7. The van der Waals surface area contributed by atoms with Gasteiger partial charge in [-0.1, -0.05) is 30.7 Å². The van der Waals surface area contributed by atoms with Gasteiger partial charge in [0.2, 0.25) is 0 Å². The first-order chi connectivity index (χ1) is 27.2. The largest absolute Gasteiger partial charge is 0.496 e. The average molecular weight is 806 g/mol. The van der Waals surface area contributed by atoms with Gasteiger partial charge in [0.05, 0.1) is 34.8 Å². The van der Waals surface area contributed by atoms with Crippen molar-refractivity contribution in [1.29, 1.82) is 0 Å². The number of hydrogen-bond donors (Lipinski definition) is 3. The number of fused-ring (bicyclic) bond motifs is 1. The molecule has 3 heterocycles. The number of carbonyl (C=O) groups excluding carboxylic acids is 4. The van der Waals surface area contributed by atoms with Gasteiger partial charge in [0.25, 0.3) is 17.7 Å². The molecular weight excluding hydrogens is 762 g/mol. The molecule has 13 nitrogen and oxygen atoms in total. The number of ether oxygens (including phenoxy) is 2. The minimum absolute atomic E-state index is 0.0289. The Morgan fingerprint density at radius 3 is 2.28 bits per heavy atom. The van der Waals surface area contributed by atoms with Crippen LogP contribution >= 0.6 is 0 Å². The number of benzene rings is 2. The van der Waals surface area contributed by atoms with Crippen LogP contribution in [0.25, 0.3) is 33.3 Å². The van der Waals surface area contributed by atoms with Crippen molar-refractivity contribution < 1.29 is 46.2 Å². The number of pyridine rings is 1. The van der Waals surface area contributed by atoms with Gasteiger partial charge in [0.15, 0.2) is 5.83 Å². The van der Waals surface area contributed by atoms with Gasteiger partial charge in [0, 0.05) is 56.6 Å². The molecule has 4 N–H and O–H groups in total. The van der Waals surface area contributed by atoms with Crippen LogP contribution in [-0.4, -0.2) is 94.8 Å². The molecule has 0 atom stereocenters. The Morgan fingerprint density at radius 2 is 1.69 bits per heavy atom. The third-order valence-electron chi connectivity index (χ3n) is 9.37. The summed E-state index contributed by atoms with van der Waals surface area (Å²) in [7, 11) is 4.68. The number of nitrogens with zero attached hydrogens (tertiary/aromatic N) is 4. The summed E-state index contributed by atoms with van der Waals surface area (Å²) < 4.78 is 64.8. The molecule has 5 rings (SSSR count). The summed E-state index contributed by atoms with van der Waals surface area (Å²) in [4.78, 5) is 58.3. The molecule has 0 saturated carbocycles. The van der Waals surface area contributed by atoms with Crippen molar-refractivity contribution in [3.05, 3.63) is 72.2 Å². The fourth-order valence-corrected chi connectivity index (χ4v) is 6.58. The maximum absolute atomic E-state index is 13.4. The van der Waals surface area contributed by atoms with Crippen molar-refractivity contribution >= 4 is 46.2 Å². The van der Waals surface area contributed by atoms with Crippen LogP contribution in [0.2, 0.25) is 0 Å². The quantitative estimate of drug-likeness (QED) is 0.105. The lowest BCUT2D eigenvalue weighted by atomic mass is 9.96. The van der Waals surface area contributed by atoms with Crippen LogP contribution in [0.4, 0.5) is 33.9 Å². The number of alkyl halides is 3. The monoisotopic (exact) mass is 805 g/mol. The van der Waals surface area contributed by atoms with Crippen molar-refractivity contribution in [3.63, 3.8) is 0 Å². The number of amides is 4. The first-order valence-corrected chi connectivity index (χ1v) is 18.0. The number of methoxy groups -OCH3 is 1. The minimum atomic E-state index is -4.63. The third-order valence-corrected chi connectivity index (χ3v) is 9.37. The van der Waals surface area contributed by atoms with Crippen LogP contribution in [-0.2, 0) is 21.4 Å². The van der Waals surface area contributed by atoms with Crippen LogP contribution in [0, 0.1) is 11.8 Å². The highest BCUT2D eigenvalue weighted by Gasteiger charge is 2.31. The van der Waals surface area contributed by atoms with E-state index in [1.807, 2.05) is 5.32 Å². The number of nitrogen functional groups attached to an aromatic ring is 1. The van der Waals surface area contributed by atoms with E-state index in [1.165, 1.54) is 31.5 Å². The molecule has 1 aliphatic heterocycles. The number of likely N-dealkylation sites (tertiary alicyclic amines) is 1. The summed E-state index contributed by atoms with van der Waals surface area (Å²) in [5.74, 6) is 2.11. The highest BCUT2D eigenvalue weighted by atomic mass is 19.4. The first kappa shape index (κ1) is 42.6. The highest BCUT2D eigenvalue weighted by Crippen LogP contribution is 2.44. The zero-order valence-corrected chi connectivity index (χ0v) is 32.8. The van der Waals surface area contributed by atoms with Gasteiger partial charge >= 0.3 is 12.3 Å². The molecule has 0 spiro atoms. The highest BCUT2D eigenvalue weighted by molar-refractivity contribution is 6.12. The van der Waals surface area contributed by atoms with E-state index in [0.717, 1.165) is 0 Å². The van der Waals surface area contributed by atoms with Crippen molar-refractivity contribution in [1.82, 2.24) is 24.7 Å². The fourth-order valence-electron chi connectivity index (χ4n) is 6.58. The van der Waals surface area contributed by atoms with E-state index in [9.17, 15) is 36.7 Å². The van der Waals surface area contributed by atoms with Crippen molar-refractivity contribution in [3.8, 4) is 40.0 Å². The summed E-state index contributed by atoms with van der Waals surface area (Å²) in [6.45, 7) is 7.56. The van der Waals surface area contributed by atoms with E-state index in [-0.39, 0.29) is 28.9 Å². The van der Waals surface area contributed by atoms with Crippen LogP contribution in [0.15, 0.2) is 61.1 Å². The number of nitrogens with two attached hydrogens (primary N) is 1. The number of anilines is 2. The molecule has 4 aromatic rings. The number of halogens is 4. The second kappa shape index (κ2) is 16.9. The molecule has 1 aliphatic rings. The molecule has 0 radical (unpaired) electrons. The Balaban J connectivity index is 1.55. The van der Waals surface area contributed by atoms with Gasteiger partial charge in [-0.3, -0.25) is 14.4 Å². The number of aromatic nitrogens is 2. The smallest absolute Gasteiger partial charge is 0.410 e. The lowest BCUT2D eigenvalue weighted by Crippen LogP contribution is -2.48. The predicted octanol–water partition coefficient (Wildman–Crippen LogP) is 6.42. The number of rotatable bonds is 8. The minimum Gasteiger partial charge on any atom is -0.496 e. The molecule has 1 fully saturated rings. The second-order valence-electron chi connectivity index (χ2n) is 14.6. The molecule has 0 bridgehead atoms. The fraction of sp³-hybridized carbons (Fsp3) is 0.341. The molecule has 58 heavy (non-hydrogen) atoms. The Kier molecular flexibility index (Phi) is 12.4. The zero-order valence-electron chi connectivity index (χ0n) is 32.8. The van der Waals surface area contributed by atoms with Crippen molar-refractivity contribution in [2.75, 3.05) is 44.8 Å². The molecule has 306 valence electrons. The van der Waals surface area contributed by atoms with E-state index in [0.29, 0.717) is 64.8 Å². The van der Waals surface area contributed by atoms with Gasteiger partial charge < -0.3 is 40.2 Å². The van der Waals surface area contributed by atoms with E-state index >= 15 is 0 Å². The third kappa shape index (κ3) is 9.68. The lowest BCUT2D eigenvalue weighted by molar-refractivity contribution is -0.126. The SMILES string of the molecule is C=C(F)C(=O)Nc1ccc(-c2c(-c3ccc(C(=O)NCC(F)(F)F)c(OC)c3)c3c(N)ncc(C#CC(=O)N4CCC(N(C)C(=O)OC(C)(C)C)CC4)c3n2C)cc1. The maximum Gasteiger partial charge on any atom is 0.410 e. The normalized spacial score (nSPS) is 13.3. The number of aryl methyl sites for hydroxylation is 1. The number of piperidine rings is 1. The summed E-state index contributed by atoms with van der Waals surface area (Å²) in [6.07, 6.45) is -2.59. The maximum atomic E-state index is 13.4. The molecule has 0 unspecified atom stereocenters. The van der Waals surface area contributed by atoms with Crippen LogP contribution < -0.4 is 21.1 Å². The predicted molar refractivity (Wildman–Crippen MR) is 210 cm³/mol. The van der Waals surface area contributed by atoms with Gasteiger partial charge in [-0.2, -0.15) is 13.2 Å². The second-order valence-corrected chi connectivity index (χ2v) is 14.6. The van der Waals surface area contributed by atoms with Crippen LogP contribution in [0.1, 0.15) is 49.5 Å². The van der Waals surface area contributed by atoms with Gasteiger partial charge in [-0.15, -0.1) is 0 Å². The van der Waals surface area contributed by atoms with E-state index < -0.39 is 48.0 Å². The first-order valence-electron chi connectivity index (χ1n) is 18.0.